The number of rotatable bonds is 7. The van der Waals surface area contributed by atoms with Crippen molar-refractivity contribution in [3.63, 3.8) is 0 Å². The summed E-state index contributed by atoms with van der Waals surface area (Å²) >= 11 is 6.12. The van der Waals surface area contributed by atoms with Crippen LogP contribution in [0.25, 0.3) is 10.8 Å². The van der Waals surface area contributed by atoms with E-state index in [1.807, 2.05) is 66.7 Å². The van der Waals surface area contributed by atoms with Crippen LogP contribution in [-0.4, -0.2) is 18.2 Å². The first kappa shape index (κ1) is 20.6. The maximum absolute atomic E-state index is 12.7. The van der Waals surface area contributed by atoms with Crippen molar-refractivity contribution in [3.05, 3.63) is 107 Å². The zero-order chi connectivity index (χ0) is 21.6. The van der Waals surface area contributed by atoms with Gasteiger partial charge in [-0.05, 0) is 41.1 Å². The number of halogens is 1. The summed E-state index contributed by atoms with van der Waals surface area (Å²) in [6.07, 6.45) is 0.120. The first-order valence-electron chi connectivity index (χ1n) is 9.89. The minimum Gasteiger partial charge on any atom is -0.457 e. The highest BCUT2D eigenvalue weighted by Gasteiger charge is 2.14. The summed E-state index contributed by atoms with van der Waals surface area (Å²) in [6, 6.07) is 27.7. The van der Waals surface area contributed by atoms with Gasteiger partial charge < -0.3 is 10.1 Å². The van der Waals surface area contributed by atoms with Gasteiger partial charge in [0.25, 0.3) is 5.91 Å². The number of Topliss-reactive ketones (excluding diaryl/α,β-unsaturated/α-hetero) is 1. The van der Waals surface area contributed by atoms with Crippen molar-refractivity contribution in [3.8, 4) is 11.5 Å². The second-order valence-electron chi connectivity index (χ2n) is 7.09. The Kier molecular flexibility index (Phi) is 6.29. The first-order chi connectivity index (χ1) is 15.1. The van der Waals surface area contributed by atoms with Gasteiger partial charge in [0.15, 0.2) is 5.78 Å². The van der Waals surface area contributed by atoms with Crippen LogP contribution in [0, 0.1) is 0 Å². The molecule has 0 saturated carbocycles. The van der Waals surface area contributed by atoms with Crippen LogP contribution in [0.4, 0.5) is 0 Å². The molecule has 0 atom stereocenters. The van der Waals surface area contributed by atoms with Crippen molar-refractivity contribution in [1.29, 1.82) is 0 Å². The average molecular weight is 430 g/mol. The summed E-state index contributed by atoms with van der Waals surface area (Å²) < 4.78 is 5.91. The Labute approximate surface area is 185 Å². The lowest BCUT2D eigenvalue weighted by atomic mass is 10.0. The number of para-hydroxylation sites is 1. The van der Waals surface area contributed by atoms with Crippen LogP contribution in [0.2, 0.25) is 5.02 Å². The maximum Gasteiger partial charge on any atom is 0.252 e. The van der Waals surface area contributed by atoms with E-state index in [1.165, 1.54) is 0 Å². The van der Waals surface area contributed by atoms with Gasteiger partial charge in [0.05, 0.1) is 6.54 Å². The summed E-state index contributed by atoms with van der Waals surface area (Å²) in [5.74, 6) is 0.769. The standard InChI is InChI=1S/C26H20ClNO3/c27-20-14-13-19(25(16-20)31-22-9-2-1-3-10-22)15-21(29)17-28-26(30)24-12-6-8-18-7-4-5-11-23(18)24/h1-14,16H,15,17H2,(H,28,30). The lowest BCUT2D eigenvalue weighted by Gasteiger charge is -2.12. The molecule has 4 rings (SSSR count). The van der Waals surface area contributed by atoms with E-state index >= 15 is 0 Å². The number of amides is 1. The molecule has 0 spiro atoms. The van der Waals surface area contributed by atoms with Crippen molar-refractivity contribution < 1.29 is 14.3 Å². The average Bonchev–Trinajstić information content (AvgIpc) is 2.79. The van der Waals surface area contributed by atoms with Gasteiger partial charge in [-0.2, -0.15) is 0 Å². The van der Waals surface area contributed by atoms with Gasteiger partial charge in [-0.3, -0.25) is 9.59 Å². The van der Waals surface area contributed by atoms with Crippen LogP contribution >= 0.6 is 11.6 Å². The van der Waals surface area contributed by atoms with Crippen LogP contribution < -0.4 is 10.1 Å². The number of carbonyl (C=O) groups excluding carboxylic acids is 2. The lowest BCUT2D eigenvalue weighted by molar-refractivity contribution is -0.117. The van der Waals surface area contributed by atoms with Crippen LogP contribution in [-0.2, 0) is 11.2 Å². The van der Waals surface area contributed by atoms with Gasteiger partial charge in [0.1, 0.15) is 11.5 Å². The minimum absolute atomic E-state index is 0.0740. The number of hydrogen-bond acceptors (Lipinski definition) is 3. The molecule has 0 aromatic heterocycles. The molecule has 0 aliphatic carbocycles. The summed E-state index contributed by atoms with van der Waals surface area (Å²) in [6.45, 7) is -0.0740. The molecule has 0 heterocycles. The molecule has 0 saturated heterocycles. The van der Waals surface area contributed by atoms with Crippen molar-refractivity contribution in [1.82, 2.24) is 5.32 Å². The Morgan fingerprint density at radius 2 is 1.58 bits per heavy atom. The van der Waals surface area contributed by atoms with Gasteiger partial charge in [-0.15, -0.1) is 0 Å². The van der Waals surface area contributed by atoms with Crippen molar-refractivity contribution in [2.45, 2.75) is 6.42 Å². The first-order valence-corrected chi connectivity index (χ1v) is 10.3. The normalized spacial score (nSPS) is 10.6. The fraction of sp³-hybridized carbons (Fsp3) is 0.0769. The number of nitrogens with one attached hydrogen (secondary N) is 1. The number of ether oxygens (including phenoxy) is 1. The molecule has 4 nitrogen and oxygen atoms in total. The van der Waals surface area contributed by atoms with E-state index in [2.05, 4.69) is 5.32 Å². The van der Waals surface area contributed by atoms with Gasteiger partial charge in [0, 0.05) is 22.6 Å². The molecule has 0 unspecified atom stereocenters. The minimum atomic E-state index is -0.276. The Bertz CT molecular complexity index is 1230. The number of hydrogen-bond donors (Lipinski definition) is 1. The maximum atomic E-state index is 12.7. The molecule has 0 aliphatic heterocycles. The number of fused-ring (bicyclic) bond motifs is 1. The largest absolute Gasteiger partial charge is 0.457 e. The molecule has 1 N–H and O–H groups in total. The molecular formula is C26H20ClNO3. The van der Waals surface area contributed by atoms with Crippen molar-refractivity contribution in [2.24, 2.45) is 0 Å². The molecule has 4 aromatic rings. The summed E-state index contributed by atoms with van der Waals surface area (Å²) in [5.41, 5.74) is 1.25. The summed E-state index contributed by atoms with van der Waals surface area (Å²) in [7, 11) is 0. The topological polar surface area (TPSA) is 55.4 Å². The van der Waals surface area contributed by atoms with E-state index in [0.29, 0.717) is 27.6 Å². The van der Waals surface area contributed by atoms with Gasteiger partial charge in [-0.1, -0.05) is 72.3 Å². The van der Waals surface area contributed by atoms with E-state index in [9.17, 15) is 9.59 Å². The molecular weight excluding hydrogens is 410 g/mol. The van der Waals surface area contributed by atoms with E-state index < -0.39 is 0 Å². The highest BCUT2D eigenvalue weighted by atomic mass is 35.5. The van der Waals surface area contributed by atoms with E-state index in [-0.39, 0.29) is 24.7 Å². The van der Waals surface area contributed by atoms with Gasteiger partial charge in [-0.25, -0.2) is 0 Å². The van der Waals surface area contributed by atoms with Crippen LogP contribution in [0.15, 0.2) is 91.0 Å². The number of carbonyl (C=O) groups is 2. The van der Waals surface area contributed by atoms with Crippen molar-refractivity contribution in [2.75, 3.05) is 6.54 Å². The smallest absolute Gasteiger partial charge is 0.252 e. The number of benzene rings is 4. The number of ketones is 1. The van der Waals surface area contributed by atoms with Crippen molar-refractivity contribution >= 4 is 34.1 Å². The Morgan fingerprint density at radius 3 is 2.42 bits per heavy atom. The lowest BCUT2D eigenvalue weighted by Crippen LogP contribution is -2.30. The van der Waals surface area contributed by atoms with E-state index in [1.54, 1.807) is 24.3 Å². The zero-order valence-electron chi connectivity index (χ0n) is 16.7. The monoisotopic (exact) mass is 429 g/mol. The van der Waals surface area contributed by atoms with Gasteiger partial charge in [0.2, 0.25) is 0 Å². The predicted octanol–water partition coefficient (Wildman–Crippen LogP) is 5.83. The molecule has 154 valence electrons. The van der Waals surface area contributed by atoms with Crippen LogP contribution in [0.1, 0.15) is 15.9 Å². The zero-order valence-corrected chi connectivity index (χ0v) is 17.4. The SMILES string of the molecule is O=C(CNC(=O)c1cccc2ccccc12)Cc1ccc(Cl)cc1Oc1ccccc1. The Morgan fingerprint density at radius 1 is 0.839 bits per heavy atom. The third-order valence-electron chi connectivity index (χ3n) is 4.87. The quantitative estimate of drug-likeness (QED) is 0.402. The van der Waals surface area contributed by atoms with Crippen LogP contribution in [0.3, 0.4) is 0 Å². The molecule has 4 aromatic carbocycles. The fourth-order valence-corrected chi connectivity index (χ4v) is 3.52. The third-order valence-corrected chi connectivity index (χ3v) is 5.10. The highest BCUT2D eigenvalue weighted by molar-refractivity contribution is 6.30. The summed E-state index contributed by atoms with van der Waals surface area (Å²) in [5, 5.41) is 5.09. The van der Waals surface area contributed by atoms with Gasteiger partial charge >= 0.3 is 0 Å². The Balaban J connectivity index is 1.44. The predicted molar refractivity (Wildman–Crippen MR) is 123 cm³/mol. The molecule has 0 fully saturated rings. The van der Waals surface area contributed by atoms with E-state index in [0.717, 1.165) is 10.8 Å². The second-order valence-corrected chi connectivity index (χ2v) is 7.53. The third kappa shape index (κ3) is 5.11. The fourth-order valence-electron chi connectivity index (χ4n) is 3.36. The Hall–Kier alpha value is -3.63. The molecule has 0 radical (unpaired) electrons. The second kappa shape index (κ2) is 9.45. The highest BCUT2D eigenvalue weighted by Crippen LogP contribution is 2.29. The molecule has 0 aliphatic rings. The van der Waals surface area contributed by atoms with E-state index in [4.69, 9.17) is 16.3 Å². The molecule has 31 heavy (non-hydrogen) atoms. The van der Waals surface area contributed by atoms with Crippen LogP contribution in [0.5, 0.6) is 11.5 Å². The molecule has 5 heteroatoms. The summed E-state index contributed by atoms with van der Waals surface area (Å²) in [4.78, 5) is 25.3. The molecule has 1 amide bonds. The molecule has 0 bridgehead atoms.